The van der Waals surface area contributed by atoms with Crippen LogP contribution in [0.25, 0.3) is 0 Å². The van der Waals surface area contributed by atoms with E-state index in [1.807, 2.05) is 31.7 Å². The number of carbonyl (C=O) groups excluding carboxylic acids is 1. The van der Waals surface area contributed by atoms with Gasteiger partial charge in [0.15, 0.2) is 0 Å². The molecule has 1 amide bonds. The van der Waals surface area contributed by atoms with Gasteiger partial charge in [-0.05, 0) is 39.0 Å². The fourth-order valence-electron chi connectivity index (χ4n) is 2.33. The highest BCUT2D eigenvalue weighted by Gasteiger charge is 2.26. The van der Waals surface area contributed by atoms with Gasteiger partial charge in [0, 0.05) is 26.2 Å². The second-order valence-corrected chi connectivity index (χ2v) is 6.23. The summed E-state index contributed by atoms with van der Waals surface area (Å²) in [5.74, 6) is -0.423. The predicted octanol–water partition coefficient (Wildman–Crippen LogP) is 2.75. The lowest BCUT2D eigenvalue weighted by atomic mass is 10.1. The zero-order valence-electron chi connectivity index (χ0n) is 13.1. The van der Waals surface area contributed by atoms with Crippen LogP contribution in [0, 0.1) is 17.1 Å². The van der Waals surface area contributed by atoms with Crippen molar-refractivity contribution in [1.82, 2.24) is 4.90 Å². The lowest BCUT2D eigenvalue weighted by Crippen LogP contribution is -2.50. The molecule has 22 heavy (non-hydrogen) atoms. The predicted molar refractivity (Wildman–Crippen MR) is 81.1 cm³/mol. The number of hydrogen-bond donors (Lipinski definition) is 0. The molecule has 1 fully saturated rings. The number of halogens is 1. The molecule has 6 heteroatoms. The van der Waals surface area contributed by atoms with Crippen molar-refractivity contribution in [2.75, 3.05) is 31.1 Å². The van der Waals surface area contributed by atoms with Crippen molar-refractivity contribution in [1.29, 1.82) is 5.26 Å². The summed E-state index contributed by atoms with van der Waals surface area (Å²) < 4.78 is 18.5. The van der Waals surface area contributed by atoms with Crippen LogP contribution in [0.15, 0.2) is 18.2 Å². The van der Waals surface area contributed by atoms with Crippen LogP contribution in [0.5, 0.6) is 0 Å². The van der Waals surface area contributed by atoms with Gasteiger partial charge in [-0.25, -0.2) is 9.18 Å². The number of carbonyl (C=O) groups is 1. The maximum Gasteiger partial charge on any atom is 0.410 e. The van der Waals surface area contributed by atoms with E-state index in [2.05, 4.69) is 0 Å². The number of nitrogens with zero attached hydrogens (tertiary/aromatic N) is 3. The van der Waals surface area contributed by atoms with Crippen molar-refractivity contribution >= 4 is 11.8 Å². The van der Waals surface area contributed by atoms with Crippen molar-refractivity contribution < 1.29 is 13.9 Å². The number of ether oxygens (including phenoxy) is 1. The Morgan fingerprint density at radius 2 is 1.91 bits per heavy atom. The van der Waals surface area contributed by atoms with Gasteiger partial charge in [-0.1, -0.05) is 0 Å². The molecule has 1 aliphatic heterocycles. The maximum atomic E-state index is 13.2. The molecule has 0 spiro atoms. The fraction of sp³-hybridized carbons (Fsp3) is 0.500. The molecule has 0 atom stereocenters. The minimum absolute atomic E-state index is 0.311. The van der Waals surface area contributed by atoms with Crippen LogP contribution in [-0.2, 0) is 4.74 Å². The molecule has 0 aromatic heterocycles. The standard InChI is InChI=1S/C16H20FN3O2/c1-16(2,3)22-15(21)20-8-6-19(7-9-20)14-5-4-13(17)10-12(14)11-18/h4-5,10H,6-9H2,1-3H3. The van der Waals surface area contributed by atoms with Crippen LogP contribution in [0.4, 0.5) is 14.9 Å². The number of amides is 1. The number of anilines is 1. The first-order valence-corrected chi connectivity index (χ1v) is 7.23. The van der Waals surface area contributed by atoms with Gasteiger partial charge in [0.25, 0.3) is 0 Å². The molecular weight excluding hydrogens is 285 g/mol. The third-order valence-corrected chi connectivity index (χ3v) is 3.35. The summed E-state index contributed by atoms with van der Waals surface area (Å²) in [7, 11) is 0. The zero-order valence-corrected chi connectivity index (χ0v) is 13.1. The van der Waals surface area contributed by atoms with E-state index in [-0.39, 0.29) is 6.09 Å². The summed E-state index contributed by atoms with van der Waals surface area (Å²) >= 11 is 0. The summed E-state index contributed by atoms with van der Waals surface area (Å²) in [6, 6.07) is 6.20. The Hall–Kier alpha value is -2.29. The number of benzene rings is 1. The molecule has 0 N–H and O–H groups in total. The molecule has 1 aliphatic rings. The average molecular weight is 305 g/mol. The minimum atomic E-state index is -0.515. The smallest absolute Gasteiger partial charge is 0.410 e. The van der Waals surface area contributed by atoms with E-state index >= 15 is 0 Å². The van der Waals surface area contributed by atoms with Crippen molar-refractivity contribution in [2.24, 2.45) is 0 Å². The van der Waals surface area contributed by atoms with Gasteiger partial charge >= 0.3 is 6.09 Å². The quantitative estimate of drug-likeness (QED) is 0.800. The monoisotopic (exact) mass is 305 g/mol. The number of nitriles is 1. The van der Waals surface area contributed by atoms with E-state index in [4.69, 9.17) is 10.00 Å². The molecule has 118 valence electrons. The lowest BCUT2D eigenvalue weighted by Gasteiger charge is -2.37. The van der Waals surface area contributed by atoms with E-state index in [0.717, 1.165) is 0 Å². The highest BCUT2D eigenvalue weighted by molar-refractivity contribution is 5.69. The highest BCUT2D eigenvalue weighted by Crippen LogP contribution is 2.23. The first-order chi connectivity index (χ1) is 10.3. The topological polar surface area (TPSA) is 56.6 Å². The van der Waals surface area contributed by atoms with E-state index < -0.39 is 11.4 Å². The van der Waals surface area contributed by atoms with Crippen LogP contribution in [0.1, 0.15) is 26.3 Å². The maximum absolute atomic E-state index is 13.2. The van der Waals surface area contributed by atoms with Crippen molar-refractivity contribution in [2.45, 2.75) is 26.4 Å². The first-order valence-electron chi connectivity index (χ1n) is 7.23. The normalized spacial score (nSPS) is 15.4. The fourth-order valence-corrected chi connectivity index (χ4v) is 2.33. The summed E-state index contributed by atoms with van der Waals surface area (Å²) in [6.07, 6.45) is -0.327. The molecule has 5 nitrogen and oxygen atoms in total. The van der Waals surface area contributed by atoms with Crippen LogP contribution in [-0.4, -0.2) is 42.8 Å². The SMILES string of the molecule is CC(C)(C)OC(=O)N1CCN(c2ccc(F)cc2C#N)CC1. The van der Waals surface area contributed by atoms with Gasteiger partial charge in [-0.3, -0.25) is 0 Å². The van der Waals surface area contributed by atoms with Crippen LogP contribution in [0.3, 0.4) is 0 Å². The van der Waals surface area contributed by atoms with Gasteiger partial charge in [0.05, 0.1) is 11.3 Å². The van der Waals surface area contributed by atoms with Gasteiger partial charge < -0.3 is 14.5 Å². The molecule has 0 aliphatic carbocycles. The molecule has 0 unspecified atom stereocenters. The minimum Gasteiger partial charge on any atom is -0.444 e. The first kappa shape index (κ1) is 16.1. The summed E-state index contributed by atoms with van der Waals surface area (Å²) in [4.78, 5) is 15.6. The largest absolute Gasteiger partial charge is 0.444 e. The molecular formula is C16H20FN3O2. The third kappa shape index (κ3) is 3.88. The van der Waals surface area contributed by atoms with E-state index in [1.165, 1.54) is 12.1 Å². The van der Waals surface area contributed by atoms with Gasteiger partial charge in [-0.15, -0.1) is 0 Å². The van der Waals surface area contributed by atoms with Gasteiger partial charge in [0.2, 0.25) is 0 Å². The lowest BCUT2D eigenvalue weighted by molar-refractivity contribution is 0.0240. The van der Waals surface area contributed by atoms with Crippen LogP contribution in [0.2, 0.25) is 0 Å². The second kappa shape index (κ2) is 6.22. The van der Waals surface area contributed by atoms with Crippen molar-refractivity contribution in [3.05, 3.63) is 29.6 Å². The number of hydrogen-bond acceptors (Lipinski definition) is 4. The number of rotatable bonds is 1. The molecule has 1 saturated heterocycles. The Morgan fingerprint density at radius 3 is 2.45 bits per heavy atom. The third-order valence-electron chi connectivity index (χ3n) is 3.35. The molecule has 0 saturated carbocycles. The Labute approximate surface area is 129 Å². The Kier molecular flexibility index (Phi) is 4.55. The number of piperazine rings is 1. The summed E-state index contributed by atoms with van der Waals surface area (Å²) in [6.45, 7) is 7.68. The Balaban J connectivity index is 2.01. The van der Waals surface area contributed by atoms with Crippen LogP contribution < -0.4 is 4.90 Å². The molecule has 1 aromatic carbocycles. The average Bonchev–Trinajstić information content (AvgIpc) is 2.45. The van der Waals surface area contributed by atoms with Gasteiger partial charge in [0.1, 0.15) is 17.5 Å². The molecule has 0 radical (unpaired) electrons. The molecule has 1 heterocycles. The van der Waals surface area contributed by atoms with E-state index in [1.54, 1.807) is 11.0 Å². The van der Waals surface area contributed by atoms with Crippen molar-refractivity contribution in [3.8, 4) is 6.07 Å². The van der Waals surface area contributed by atoms with Crippen molar-refractivity contribution in [3.63, 3.8) is 0 Å². The van der Waals surface area contributed by atoms with Crippen LogP contribution >= 0.6 is 0 Å². The van der Waals surface area contributed by atoms with E-state index in [0.29, 0.717) is 37.4 Å². The Bertz CT molecular complexity index is 596. The second-order valence-electron chi connectivity index (χ2n) is 6.23. The summed E-state index contributed by atoms with van der Waals surface area (Å²) in [5, 5.41) is 9.11. The molecule has 2 rings (SSSR count). The zero-order chi connectivity index (χ0) is 16.3. The summed E-state index contributed by atoms with van der Waals surface area (Å²) in [5.41, 5.74) is 0.498. The highest BCUT2D eigenvalue weighted by atomic mass is 19.1. The molecule has 1 aromatic rings. The van der Waals surface area contributed by atoms with E-state index in [9.17, 15) is 9.18 Å². The van der Waals surface area contributed by atoms with Gasteiger partial charge in [-0.2, -0.15) is 5.26 Å². The Morgan fingerprint density at radius 1 is 1.27 bits per heavy atom. The molecule has 0 bridgehead atoms.